The lowest BCUT2D eigenvalue weighted by molar-refractivity contribution is -0.0353. The van der Waals surface area contributed by atoms with E-state index >= 15 is 0 Å². The highest BCUT2D eigenvalue weighted by molar-refractivity contribution is 5.08. The first-order valence-electron chi connectivity index (χ1n) is 7.58. The molecule has 2 aliphatic rings. The molecule has 1 N–H and O–H groups in total. The fourth-order valence-corrected chi connectivity index (χ4v) is 3.75. The number of nitrogens with zero attached hydrogens (tertiary/aromatic N) is 1. The fourth-order valence-electron chi connectivity index (χ4n) is 3.75. The SMILES string of the molecule is CC1(C)CCC(C#N)(C(O)C2CCCCC2)CC1. The lowest BCUT2D eigenvalue weighted by Gasteiger charge is -2.44. The van der Waals surface area contributed by atoms with Crippen LogP contribution >= 0.6 is 0 Å². The molecule has 0 aromatic rings. The molecule has 0 aromatic heterocycles. The van der Waals surface area contributed by atoms with Gasteiger partial charge in [-0.15, -0.1) is 0 Å². The van der Waals surface area contributed by atoms with Crippen molar-refractivity contribution in [3.63, 3.8) is 0 Å². The molecule has 2 heteroatoms. The molecule has 18 heavy (non-hydrogen) atoms. The highest BCUT2D eigenvalue weighted by atomic mass is 16.3. The van der Waals surface area contributed by atoms with Crippen molar-refractivity contribution >= 4 is 0 Å². The average molecular weight is 249 g/mol. The van der Waals surface area contributed by atoms with E-state index in [2.05, 4.69) is 19.9 Å². The zero-order chi connectivity index (χ0) is 13.2. The largest absolute Gasteiger partial charge is 0.391 e. The predicted molar refractivity (Wildman–Crippen MR) is 72.9 cm³/mol. The van der Waals surface area contributed by atoms with Gasteiger partial charge in [-0.3, -0.25) is 0 Å². The Morgan fingerprint density at radius 2 is 1.61 bits per heavy atom. The fraction of sp³-hybridized carbons (Fsp3) is 0.938. The topological polar surface area (TPSA) is 44.0 Å². The first-order chi connectivity index (χ1) is 8.49. The molecule has 0 heterocycles. The van der Waals surface area contributed by atoms with Crippen molar-refractivity contribution in [2.75, 3.05) is 0 Å². The molecule has 1 unspecified atom stereocenters. The van der Waals surface area contributed by atoms with E-state index in [0.29, 0.717) is 11.3 Å². The van der Waals surface area contributed by atoms with Gasteiger partial charge in [-0.1, -0.05) is 33.1 Å². The third-order valence-corrected chi connectivity index (χ3v) is 5.38. The molecule has 2 nitrogen and oxygen atoms in total. The Balaban J connectivity index is 2.06. The van der Waals surface area contributed by atoms with Crippen LogP contribution in [0.3, 0.4) is 0 Å². The summed E-state index contributed by atoms with van der Waals surface area (Å²) in [5, 5.41) is 20.3. The number of hydrogen-bond acceptors (Lipinski definition) is 2. The van der Waals surface area contributed by atoms with Crippen LogP contribution in [0.2, 0.25) is 0 Å². The van der Waals surface area contributed by atoms with Gasteiger partial charge < -0.3 is 5.11 Å². The zero-order valence-corrected chi connectivity index (χ0v) is 11.9. The molecule has 2 fully saturated rings. The molecule has 2 rings (SSSR count). The standard InChI is InChI=1S/C16H27NO/c1-15(2)8-10-16(12-17,11-9-15)14(18)13-6-4-3-5-7-13/h13-14,18H,3-11H2,1-2H3. The van der Waals surface area contributed by atoms with Crippen LogP contribution in [0.15, 0.2) is 0 Å². The van der Waals surface area contributed by atoms with Crippen molar-refractivity contribution in [2.24, 2.45) is 16.7 Å². The number of aliphatic hydroxyl groups excluding tert-OH is 1. The third-order valence-electron chi connectivity index (χ3n) is 5.38. The van der Waals surface area contributed by atoms with Crippen LogP contribution in [0, 0.1) is 28.1 Å². The number of rotatable bonds is 2. The number of nitriles is 1. The molecular weight excluding hydrogens is 222 g/mol. The maximum atomic E-state index is 10.7. The summed E-state index contributed by atoms with van der Waals surface area (Å²) in [6.07, 6.45) is 9.53. The molecule has 2 saturated carbocycles. The second-order valence-electron chi connectivity index (χ2n) is 7.28. The Bertz CT molecular complexity index is 312. The van der Waals surface area contributed by atoms with Crippen molar-refractivity contribution in [1.29, 1.82) is 5.26 Å². The minimum atomic E-state index is -0.447. The molecule has 0 aromatic carbocycles. The van der Waals surface area contributed by atoms with Crippen molar-refractivity contribution in [2.45, 2.75) is 77.7 Å². The maximum absolute atomic E-state index is 10.7. The summed E-state index contributed by atoms with van der Waals surface area (Å²) in [7, 11) is 0. The molecular formula is C16H27NO. The Morgan fingerprint density at radius 3 is 2.11 bits per heavy atom. The normalized spacial score (nSPS) is 29.4. The van der Waals surface area contributed by atoms with Crippen LogP contribution in [-0.4, -0.2) is 11.2 Å². The summed E-state index contributed by atoms with van der Waals surface area (Å²) in [5.41, 5.74) is -0.0931. The van der Waals surface area contributed by atoms with Crippen molar-refractivity contribution in [1.82, 2.24) is 0 Å². The maximum Gasteiger partial charge on any atom is 0.0835 e. The molecule has 1 atom stereocenters. The lowest BCUT2D eigenvalue weighted by atomic mass is 9.60. The van der Waals surface area contributed by atoms with Gasteiger partial charge in [-0.05, 0) is 49.9 Å². The van der Waals surface area contributed by atoms with Gasteiger partial charge in [0.1, 0.15) is 0 Å². The quantitative estimate of drug-likeness (QED) is 0.802. The third kappa shape index (κ3) is 2.72. The molecule has 0 amide bonds. The summed E-state index contributed by atoms with van der Waals surface area (Å²) < 4.78 is 0. The van der Waals surface area contributed by atoms with E-state index in [1.54, 1.807) is 0 Å². The molecule has 0 aliphatic heterocycles. The van der Waals surface area contributed by atoms with E-state index in [1.165, 1.54) is 19.3 Å². The van der Waals surface area contributed by atoms with Gasteiger partial charge in [-0.2, -0.15) is 5.26 Å². The van der Waals surface area contributed by atoms with Crippen LogP contribution in [0.1, 0.15) is 71.6 Å². The molecule has 0 spiro atoms. The first-order valence-corrected chi connectivity index (χ1v) is 7.58. The summed E-state index contributed by atoms with van der Waals surface area (Å²) in [6, 6.07) is 2.50. The van der Waals surface area contributed by atoms with E-state index in [-0.39, 0.29) is 6.10 Å². The van der Waals surface area contributed by atoms with Crippen LogP contribution in [0.4, 0.5) is 0 Å². The van der Waals surface area contributed by atoms with E-state index in [0.717, 1.165) is 38.5 Å². The van der Waals surface area contributed by atoms with E-state index in [4.69, 9.17) is 0 Å². The highest BCUT2D eigenvalue weighted by Gasteiger charge is 2.46. The van der Waals surface area contributed by atoms with Crippen LogP contribution in [0.5, 0.6) is 0 Å². The van der Waals surface area contributed by atoms with Gasteiger partial charge in [-0.25, -0.2) is 0 Å². The molecule has 2 aliphatic carbocycles. The molecule has 0 radical (unpaired) electrons. The van der Waals surface area contributed by atoms with Gasteiger partial charge in [0.25, 0.3) is 0 Å². The summed E-state index contributed by atoms with van der Waals surface area (Å²) in [4.78, 5) is 0. The molecule has 102 valence electrons. The van der Waals surface area contributed by atoms with Crippen molar-refractivity contribution < 1.29 is 5.11 Å². The van der Waals surface area contributed by atoms with E-state index in [9.17, 15) is 10.4 Å². The highest BCUT2D eigenvalue weighted by Crippen LogP contribution is 2.49. The Kier molecular flexibility index (Phi) is 4.02. The van der Waals surface area contributed by atoms with Crippen LogP contribution in [-0.2, 0) is 0 Å². The van der Waals surface area contributed by atoms with E-state index < -0.39 is 5.41 Å². The number of aliphatic hydroxyl groups is 1. The van der Waals surface area contributed by atoms with Gasteiger partial charge in [0.2, 0.25) is 0 Å². The summed E-state index contributed by atoms with van der Waals surface area (Å²) in [6.45, 7) is 4.56. The average Bonchev–Trinajstić information content (AvgIpc) is 2.40. The second kappa shape index (κ2) is 5.21. The second-order valence-corrected chi connectivity index (χ2v) is 7.28. The summed E-state index contributed by atoms with van der Waals surface area (Å²) in [5.74, 6) is 0.375. The minimum absolute atomic E-state index is 0.354. The molecule has 0 bridgehead atoms. The summed E-state index contributed by atoms with van der Waals surface area (Å²) >= 11 is 0. The van der Waals surface area contributed by atoms with Gasteiger partial charge in [0.05, 0.1) is 17.6 Å². The van der Waals surface area contributed by atoms with Crippen LogP contribution in [0.25, 0.3) is 0 Å². The Morgan fingerprint density at radius 1 is 1.06 bits per heavy atom. The van der Waals surface area contributed by atoms with E-state index in [1.807, 2.05) is 0 Å². The zero-order valence-electron chi connectivity index (χ0n) is 11.9. The van der Waals surface area contributed by atoms with Crippen LogP contribution < -0.4 is 0 Å². The van der Waals surface area contributed by atoms with Crippen molar-refractivity contribution in [3.8, 4) is 6.07 Å². The van der Waals surface area contributed by atoms with Crippen molar-refractivity contribution in [3.05, 3.63) is 0 Å². The van der Waals surface area contributed by atoms with Gasteiger partial charge in [0, 0.05) is 0 Å². The number of hydrogen-bond donors (Lipinski definition) is 1. The predicted octanol–water partition coefficient (Wildman–Crippen LogP) is 4.04. The minimum Gasteiger partial charge on any atom is -0.391 e. The lowest BCUT2D eigenvalue weighted by Crippen LogP contribution is -2.44. The molecule has 0 saturated heterocycles. The smallest absolute Gasteiger partial charge is 0.0835 e. The Hall–Kier alpha value is -0.550. The monoisotopic (exact) mass is 249 g/mol. The first kappa shape index (κ1) is 13.9. The Labute approximate surface area is 111 Å². The van der Waals surface area contributed by atoms with Gasteiger partial charge in [0.15, 0.2) is 0 Å². The van der Waals surface area contributed by atoms with Gasteiger partial charge >= 0.3 is 0 Å².